The van der Waals surface area contributed by atoms with Crippen LogP contribution in [0.2, 0.25) is 0 Å². The fourth-order valence-electron chi connectivity index (χ4n) is 2.74. The van der Waals surface area contributed by atoms with Gasteiger partial charge < -0.3 is 11.1 Å². The highest BCUT2D eigenvalue weighted by Crippen LogP contribution is 2.25. The van der Waals surface area contributed by atoms with Crippen LogP contribution in [-0.2, 0) is 10.0 Å². The predicted octanol–water partition coefficient (Wildman–Crippen LogP) is 1.48. The lowest BCUT2D eigenvalue weighted by Crippen LogP contribution is -2.47. The molecule has 1 amide bonds. The van der Waals surface area contributed by atoms with Gasteiger partial charge in [-0.05, 0) is 31.0 Å². The van der Waals surface area contributed by atoms with E-state index in [1.807, 2.05) is 0 Å². The van der Waals surface area contributed by atoms with Crippen molar-refractivity contribution in [3.8, 4) is 0 Å². The maximum atomic E-state index is 12.8. The molecule has 2 rings (SSSR count). The Morgan fingerprint density at radius 1 is 1.32 bits per heavy atom. The molecular formula is C15H20F3N3O3S. The molecule has 1 aliphatic rings. The predicted molar refractivity (Wildman–Crippen MR) is 85.4 cm³/mol. The molecule has 25 heavy (non-hydrogen) atoms. The third kappa shape index (κ3) is 4.93. The smallest absolute Gasteiger partial charge is 0.343 e. The summed E-state index contributed by atoms with van der Waals surface area (Å²) in [5, 5.41) is 1.72. The Morgan fingerprint density at radius 2 is 2.04 bits per heavy atom. The molecule has 1 aliphatic heterocycles. The lowest BCUT2D eigenvalue weighted by Gasteiger charge is -2.33. The standard InChI is InChI=1S/C15H20F3N3O3S/c16-15(17,18)10-20-14(22)11-4-3-6-13(8-11)25(23,24)21-7-2-1-5-12(21)9-19/h3-4,6,8,12H,1-2,5,7,9-10,19H2,(H,20,22). The van der Waals surface area contributed by atoms with E-state index in [-0.39, 0.29) is 23.0 Å². The maximum absolute atomic E-state index is 12.8. The number of amides is 1. The molecule has 1 aromatic carbocycles. The van der Waals surface area contributed by atoms with Crippen LogP contribution in [-0.4, -0.2) is 50.5 Å². The average Bonchev–Trinajstić information content (AvgIpc) is 2.59. The van der Waals surface area contributed by atoms with Crippen LogP contribution < -0.4 is 11.1 Å². The van der Waals surface area contributed by atoms with Crippen LogP contribution in [0.4, 0.5) is 13.2 Å². The Morgan fingerprint density at radius 3 is 2.68 bits per heavy atom. The first-order chi connectivity index (χ1) is 11.6. The Kier molecular flexibility index (Phi) is 6.07. The first kappa shape index (κ1) is 19.7. The van der Waals surface area contributed by atoms with E-state index < -0.39 is 28.7 Å². The summed E-state index contributed by atoms with van der Waals surface area (Å²) in [4.78, 5) is 11.7. The molecular weight excluding hydrogens is 359 g/mol. The summed E-state index contributed by atoms with van der Waals surface area (Å²) in [5.74, 6) is -0.983. The van der Waals surface area contributed by atoms with Crippen LogP contribution >= 0.6 is 0 Å². The minimum absolute atomic E-state index is 0.132. The molecule has 140 valence electrons. The van der Waals surface area contributed by atoms with Gasteiger partial charge in [-0.2, -0.15) is 17.5 Å². The van der Waals surface area contributed by atoms with Gasteiger partial charge in [0, 0.05) is 24.7 Å². The summed E-state index contributed by atoms with van der Waals surface area (Å²) in [5.41, 5.74) is 5.50. The second-order valence-corrected chi connectivity index (χ2v) is 7.72. The monoisotopic (exact) mass is 379 g/mol. The number of hydrogen-bond donors (Lipinski definition) is 2. The van der Waals surface area contributed by atoms with Gasteiger partial charge in [0.25, 0.3) is 5.91 Å². The molecule has 0 aliphatic carbocycles. The number of piperidine rings is 1. The fraction of sp³-hybridized carbons (Fsp3) is 0.533. The average molecular weight is 379 g/mol. The highest BCUT2D eigenvalue weighted by Gasteiger charge is 2.33. The van der Waals surface area contributed by atoms with Crippen molar-refractivity contribution >= 4 is 15.9 Å². The van der Waals surface area contributed by atoms with Crippen molar-refractivity contribution in [2.75, 3.05) is 19.6 Å². The minimum atomic E-state index is -4.54. The summed E-state index contributed by atoms with van der Waals surface area (Å²) in [6.45, 7) is -0.968. The lowest BCUT2D eigenvalue weighted by molar-refractivity contribution is -0.123. The molecule has 0 spiro atoms. The number of halogens is 3. The zero-order valence-electron chi connectivity index (χ0n) is 13.4. The number of nitrogens with one attached hydrogen (secondary N) is 1. The number of benzene rings is 1. The van der Waals surface area contributed by atoms with Gasteiger partial charge in [-0.25, -0.2) is 8.42 Å². The number of sulfonamides is 1. The highest BCUT2D eigenvalue weighted by atomic mass is 32.2. The number of rotatable bonds is 5. The molecule has 1 fully saturated rings. The molecule has 0 aromatic heterocycles. The minimum Gasteiger partial charge on any atom is -0.343 e. The van der Waals surface area contributed by atoms with Gasteiger partial charge in [0.15, 0.2) is 0 Å². The lowest BCUT2D eigenvalue weighted by atomic mass is 10.1. The third-order valence-electron chi connectivity index (χ3n) is 4.00. The SMILES string of the molecule is NCC1CCCCN1S(=O)(=O)c1cccc(C(=O)NCC(F)(F)F)c1. The van der Waals surface area contributed by atoms with Crippen molar-refractivity contribution in [2.45, 2.75) is 36.4 Å². The first-order valence-corrected chi connectivity index (χ1v) is 9.26. The topological polar surface area (TPSA) is 92.5 Å². The third-order valence-corrected chi connectivity index (χ3v) is 5.95. The van der Waals surface area contributed by atoms with Crippen molar-refractivity contribution in [1.82, 2.24) is 9.62 Å². The molecule has 1 aromatic rings. The molecule has 3 N–H and O–H groups in total. The number of carbonyl (C=O) groups excluding carboxylic acids is 1. The molecule has 1 saturated heterocycles. The van der Waals surface area contributed by atoms with E-state index in [1.54, 1.807) is 5.32 Å². The molecule has 1 heterocycles. The molecule has 0 radical (unpaired) electrons. The van der Waals surface area contributed by atoms with Gasteiger partial charge in [0.05, 0.1) is 4.90 Å². The summed E-state index contributed by atoms with van der Waals surface area (Å²) in [6, 6.07) is 4.68. The van der Waals surface area contributed by atoms with E-state index in [1.165, 1.54) is 22.5 Å². The normalized spacial score (nSPS) is 19.6. The second-order valence-electron chi connectivity index (χ2n) is 5.83. The largest absolute Gasteiger partial charge is 0.405 e. The van der Waals surface area contributed by atoms with Gasteiger partial charge in [0.1, 0.15) is 6.54 Å². The van der Waals surface area contributed by atoms with Crippen molar-refractivity contribution in [1.29, 1.82) is 0 Å². The highest BCUT2D eigenvalue weighted by molar-refractivity contribution is 7.89. The number of carbonyl (C=O) groups is 1. The molecule has 1 unspecified atom stereocenters. The zero-order valence-corrected chi connectivity index (χ0v) is 14.2. The number of alkyl halides is 3. The van der Waals surface area contributed by atoms with Gasteiger partial charge in [-0.15, -0.1) is 0 Å². The quantitative estimate of drug-likeness (QED) is 0.811. The number of hydrogen-bond acceptors (Lipinski definition) is 4. The van der Waals surface area contributed by atoms with E-state index in [2.05, 4.69) is 0 Å². The summed E-state index contributed by atoms with van der Waals surface area (Å²) < 4.78 is 63.5. The summed E-state index contributed by atoms with van der Waals surface area (Å²) in [7, 11) is -3.87. The Bertz CT molecular complexity index is 722. The van der Waals surface area contributed by atoms with Gasteiger partial charge >= 0.3 is 6.18 Å². The van der Waals surface area contributed by atoms with Gasteiger partial charge in [0.2, 0.25) is 10.0 Å². The first-order valence-electron chi connectivity index (χ1n) is 7.82. The van der Waals surface area contributed by atoms with Crippen molar-refractivity contribution < 1.29 is 26.4 Å². The van der Waals surface area contributed by atoms with Gasteiger partial charge in [-0.1, -0.05) is 12.5 Å². The fourth-order valence-corrected chi connectivity index (χ4v) is 4.49. The van der Waals surface area contributed by atoms with Crippen LogP contribution in [0.5, 0.6) is 0 Å². The van der Waals surface area contributed by atoms with Crippen molar-refractivity contribution in [3.63, 3.8) is 0 Å². The van der Waals surface area contributed by atoms with Crippen LogP contribution in [0.25, 0.3) is 0 Å². The number of nitrogens with zero attached hydrogens (tertiary/aromatic N) is 1. The molecule has 6 nitrogen and oxygen atoms in total. The Balaban J connectivity index is 2.23. The van der Waals surface area contributed by atoms with E-state index in [4.69, 9.17) is 5.73 Å². The number of nitrogens with two attached hydrogens (primary N) is 1. The van der Waals surface area contributed by atoms with Crippen molar-refractivity contribution in [2.24, 2.45) is 5.73 Å². The Labute approximate surface area is 144 Å². The molecule has 0 bridgehead atoms. The van der Waals surface area contributed by atoms with E-state index >= 15 is 0 Å². The van der Waals surface area contributed by atoms with E-state index in [0.29, 0.717) is 19.4 Å². The van der Waals surface area contributed by atoms with Crippen LogP contribution in [0, 0.1) is 0 Å². The van der Waals surface area contributed by atoms with E-state index in [9.17, 15) is 26.4 Å². The zero-order chi connectivity index (χ0) is 18.7. The van der Waals surface area contributed by atoms with E-state index in [0.717, 1.165) is 12.5 Å². The van der Waals surface area contributed by atoms with Crippen LogP contribution in [0.1, 0.15) is 29.6 Å². The van der Waals surface area contributed by atoms with Crippen LogP contribution in [0.3, 0.4) is 0 Å². The van der Waals surface area contributed by atoms with Crippen molar-refractivity contribution in [3.05, 3.63) is 29.8 Å². The summed E-state index contributed by atoms with van der Waals surface area (Å²) >= 11 is 0. The van der Waals surface area contributed by atoms with Crippen LogP contribution in [0.15, 0.2) is 29.2 Å². The summed E-state index contributed by atoms with van der Waals surface area (Å²) in [6.07, 6.45) is -2.29. The maximum Gasteiger partial charge on any atom is 0.405 e. The molecule has 1 atom stereocenters. The van der Waals surface area contributed by atoms with Gasteiger partial charge in [-0.3, -0.25) is 4.79 Å². The Hall–Kier alpha value is -1.65. The molecule has 0 saturated carbocycles. The second kappa shape index (κ2) is 7.71. The molecule has 10 heteroatoms.